The minimum absolute atomic E-state index is 0.149. The number of hydrogen-bond acceptors (Lipinski definition) is 4. The van der Waals surface area contributed by atoms with Crippen molar-refractivity contribution in [2.75, 3.05) is 13.7 Å². The fraction of sp³-hybridized carbons (Fsp3) is 0.333. The number of nitrogens with zero attached hydrogens (tertiary/aromatic N) is 2. The number of ether oxygens (including phenoxy) is 1. The van der Waals surface area contributed by atoms with Gasteiger partial charge in [-0.3, -0.25) is 9.59 Å². The third kappa shape index (κ3) is 3.40. The van der Waals surface area contributed by atoms with Crippen LogP contribution in [0, 0.1) is 11.6 Å². The number of aromatic nitrogens is 1. The molecule has 2 heterocycles. The van der Waals surface area contributed by atoms with E-state index in [-0.39, 0.29) is 31.2 Å². The van der Waals surface area contributed by atoms with Crippen LogP contribution < -0.4 is 10.2 Å². The van der Waals surface area contributed by atoms with Crippen molar-refractivity contribution in [3.63, 3.8) is 0 Å². The molecule has 1 aliphatic heterocycles. The van der Waals surface area contributed by atoms with Gasteiger partial charge in [-0.05, 0) is 17.7 Å². The summed E-state index contributed by atoms with van der Waals surface area (Å²) in [5.41, 5.74) is -0.907. The molecule has 0 saturated heterocycles. The van der Waals surface area contributed by atoms with Gasteiger partial charge in [0.25, 0.3) is 11.3 Å². The summed E-state index contributed by atoms with van der Waals surface area (Å²) >= 11 is 0. The maximum Gasteiger partial charge on any atom is 0.274 e. The number of methoxy groups -OCH3 is 1. The number of halogens is 2. The summed E-state index contributed by atoms with van der Waals surface area (Å²) in [5.74, 6) is -3.58. The Labute approximate surface area is 149 Å². The normalized spacial score (nSPS) is 13.0. The first-order valence-corrected chi connectivity index (χ1v) is 8.17. The van der Waals surface area contributed by atoms with Crippen molar-refractivity contribution >= 4 is 5.91 Å². The van der Waals surface area contributed by atoms with Crippen molar-refractivity contribution in [2.45, 2.75) is 26.9 Å². The van der Waals surface area contributed by atoms with Gasteiger partial charge in [-0.2, -0.15) is 4.39 Å². The Hall–Kier alpha value is -2.90. The summed E-state index contributed by atoms with van der Waals surface area (Å²) in [5, 5.41) is 9.91. The number of pyridine rings is 1. The fourth-order valence-electron chi connectivity index (χ4n) is 2.72. The fourth-order valence-corrected chi connectivity index (χ4v) is 2.72. The molecule has 140 valence electrons. The van der Waals surface area contributed by atoms with Gasteiger partial charge in [-0.15, -0.1) is 0 Å². The molecule has 0 fully saturated rings. The van der Waals surface area contributed by atoms with Crippen LogP contribution in [0.25, 0.3) is 0 Å². The molecule has 1 N–H and O–H groups in total. The number of fused-ring (bicyclic) bond motifs is 1. The van der Waals surface area contributed by atoms with E-state index in [2.05, 4.69) is 0 Å². The second-order valence-electron chi connectivity index (χ2n) is 5.35. The van der Waals surface area contributed by atoms with Gasteiger partial charge in [0.15, 0.2) is 11.4 Å². The van der Waals surface area contributed by atoms with E-state index in [0.29, 0.717) is 5.56 Å². The smallest absolute Gasteiger partial charge is 0.274 e. The third-order valence-electron chi connectivity index (χ3n) is 3.90. The van der Waals surface area contributed by atoms with Gasteiger partial charge < -0.3 is 19.3 Å². The Balaban J connectivity index is 0.00000117. The van der Waals surface area contributed by atoms with Crippen LogP contribution in [-0.4, -0.2) is 34.1 Å². The van der Waals surface area contributed by atoms with Crippen molar-refractivity contribution in [3.8, 4) is 11.6 Å². The van der Waals surface area contributed by atoms with E-state index in [1.165, 1.54) is 36.3 Å². The summed E-state index contributed by atoms with van der Waals surface area (Å²) in [6.07, 6.45) is 0. The Kier molecular flexibility index (Phi) is 5.97. The van der Waals surface area contributed by atoms with Crippen LogP contribution in [0.4, 0.5) is 8.78 Å². The molecule has 0 bridgehead atoms. The zero-order chi connectivity index (χ0) is 19.4. The number of benzene rings is 1. The average molecular weight is 366 g/mol. The van der Waals surface area contributed by atoms with Crippen LogP contribution in [0.2, 0.25) is 0 Å². The molecule has 0 radical (unpaired) electrons. The summed E-state index contributed by atoms with van der Waals surface area (Å²) in [6, 6.07) is 5.63. The minimum atomic E-state index is -1.28. The van der Waals surface area contributed by atoms with E-state index in [0.717, 1.165) is 4.57 Å². The van der Waals surface area contributed by atoms with Gasteiger partial charge in [0.05, 0.1) is 7.11 Å². The molecule has 0 atom stereocenters. The van der Waals surface area contributed by atoms with Crippen LogP contribution in [0.15, 0.2) is 29.1 Å². The first-order chi connectivity index (χ1) is 12.4. The van der Waals surface area contributed by atoms with Gasteiger partial charge in [-0.1, -0.05) is 26.0 Å². The van der Waals surface area contributed by atoms with Gasteiger partial charge in [0, 0.05) is 19.6 Å². The first-order valence-electron chi connectivity index (χ1n) is 8.17. The van der Waals surface area contributed by atoms with Crippen molar-refractivity contribution < 1.29 is 23.4 Å². The van der Waals surface area contributed by atoms with Gasteiger partial charge >= 0.3 is 0 Å². The molecule has 1 aromatic carbocycles. The lowest BCUT2D eigenvalue weighted by molar-refractivity contribution is 0.0675. The highest BCUT2D eigenvalue weighted by Crippen LogP contribution is 2.27. The zero-order valence-electron chi connectivity index (χ0n) is 14.8. The highest BCUT2D eigenvalue weighted by atomic mass is 19.1. The molecule has 1 aromatic heterocycles. The van der Waals surface area contributed by atoms with E-state index >= 15 is 0 Å². The average Bonchev–Trinajstić information content (AvgIpc) is 2.65. The molecule has 0 saturated carbocycles. The Morgan fingerprint density at radius 3 is 2.31 bits per heavy atom. The number of rotatable bonds is 3. The number of amides is 1. The van der Waals surface area contributed by atoms with E-state index in [9.17, 15) is 23.5 Å². The Morgan fingerprint density at radius 1 is 1.12 bits per heavy atom. The van der Waals surface area contributed by atoms with E-state index in [4.69, 9.17) is 4.74 Å². The van der Waals surface area contributed by atoms with Crippen LogP contribution in [0.3, 0.4) is 0 Å². The Bertz CT molecular complexity index is 863. The number of carbonyl (C=O) groups excluding carboxylic acids is 1. The maximum atomic E-state index is 13.9. The maximum absolute atomic E-state index is 13.9. The van der Waals surface area contributed by atoms with Gasteiger partial charge in [-0.25, -0.2) is 4.39 Å². The molecule has 8 heteroatoms. The topological polar surface area (TPSA) is 71.8 Å². The molecular formula is C18H20F2N2O4. The molecule has 1 amide bonds. The van der Waals surface area contributed by atoms with Gasteiger partial charge in [0.1, 0.15) is 5.82 Å². The summed E-state index contributed by atoms with van der Waals surface area (Å²) in [7, 11) is 1.18. The molecule has 26 heavy (non-hydrogen) atoms. The van der Waals surface area contributed by atoms with Crippen molar-refractivity contribution in [2.24, 2.45) is 0 Å². The lowest BCUT2D eigenvalue weighted by Gasteiger charge is -2.31. The summed E-state index contributed by atoms with van der Waals surface area (Å²) in [6.45, 7) is 4.55. The summed E-state index contributed by atoms with van der Waals surface area (Å²) < 4.78 is 32.8. The van der Waals surface area contributed by atoms with Crippen molar-refractivity contribution in [1.29, 1.82) is 0 Å². The monoisotopic (exact) mass is 366 g/mol. The molecular weight excluding hydrogens is 346 g/mol. The predicted octanol–water partition coefficient (Wildman–Crippen LogP) is 2.52. The van der Waals surface area contributed by atoms with Gasteiger partial charge in [0.2, 0.25) is 11.7 Å². The molecule has 0 spiro atoms. The quantitative estimate of drug-likeness (QED) is 0.906. The lowest BCUT2D eigenvalue weighted by atomic mass is 10.1. The first kappa shape index (κ1) is 19.4. The van der Waals surface area contributed by atoms with Crippen molar-refractivity contribution in [1.82, 2.24) is 9.47 Å². The van der Waals surface area contributed by atoms with Crippen LogP contribution in [0.5, 0.6) is 11.6 Å². The second-order valence-corrected chi connectivity index (χ2v) is 5.35. The van der Waals surface area contributed by atoms with Crippen LogP contribution in [0.1, 0.15) is 29.9 Å². The third-order valence-corrected chi connectivity index (χ3v) is 3.90. The highest BCUT2D eigenvalue weighted by Gasteiger charge is 2.33. The summed E-state index contributed by atoms with van der Waals surface area (Å²) in [4.78, 5) is 25.7. The number of aromatic hydroxyl groups is 1. The molecule has 3 rings (SSSR count). The molecule has 0 aliphatic carbocycles. The molecule has 0 unspecified atom stereocenters. The SMILES string of the molecule is CC.COc1c(F)c(=O)c(O)c2n1CCN(Cc1ccc(F)cc1)C2=O. The second kappa shape index (κ2) is 7.99. The molecule has 1 aliphatic rings. The lowest BCUT2D eigenvalue weighted by Crippen LogP contribution is -2.42. The molecule has 6 nitrogen and oxygen atoms in total. The number of carbonyl (C=O) groups is 1. The number of hydrogen-bond donors (Lipinski definition) is 1. The standard InChI is InChI=1S/C16H14F2N2O4.C2H6/c1-24-16-11(18)13(21)14(22)12-15(23)19(6-7-20(12)16)8-9-2-4-10(17)5-3-9;1-2/h2-5,22H,6-8H2,1H3;1-2H3. The van der Waals surface area contributed by atoms with Crippen molar-refractivity contribution in [3.05, 3.63) is 57.4 Å². The Morgan fingerprint density at radius 2 is 1.73 bits per heavy atom. The largest absolute Gasteiger partial charge is 0.502 e. The minimum Gasteiger partial charge on any atom is -0.502 e. The molecule has 2 aromatic rings. The van der Waals surface area contributed by atoms with E-state index in [1.807, 2.05) is 13.8 Å². The van der Waals surface area contributed by atoms with Crippen LogP contribution >= 0.6 is 0 Å². The van der Waals surface area contributed by atoms with E-state index in [1.54, 1.807) is 0 Å². The highest BCUT2D eigenvalue weighted by molar-refractivity contribution is 5.96. The van der Waals surface area contributed by atoms with Crippen LogP contribution in [-0.2, 0) is 13.1 Å². The predicted molar refractivity (Wildman–Crippen MR) is 91.4 cm³/mol. The zero-order valence-corrected chi connectivity index (χ0v) is 14.8. The van der Waals surface area contributed by atoms with E-state index < -0.39 is 28.7 Å².